The van der Waals surface area contributed by atoms with Crippen LogP contribution in [0.15, 0.2) is 12.2 Å². The molecule has 0 fully saturated rings. The SMILES string of the molecule is CCO[C@@H]1C=C[C@H](OC(C)=O)[C@@H](CC#N)O1. The summed E-state index contributed by atoms with van der Waals surface area (Å²) in [7, 11) is 0. The number of rotatable bonds is 4. The molecule has 0 amide bonds. The van der Waals surface area contributed by atoms with E-state index in [0.29, 0.717) is 6.61 Å². The minimum Gasteiger partial charge on any atom is -0.455 e. The summed E-state index contributed by atoms with van der Waals surface area (Å²) in [6.07, 6.45) is 2.11. The Kier molecular flexibility index (Phi) is 4.96. The van der Waals surface area contributed by atoms with E-state index in [-0.39, 0.29) is 6.42 Å². The molecule has 1 rings (SSSR count). The first-order chi connectivity index (χ1) is 7.67. The zero-order chi connectivity index (χ0) is 12.0. The van der Waals surface area contributed by atoms with Gasteiger partial charge in [0.05, 0.1) is 12.5 Å². The largest absolute Gasteiger partial charge is 0.455 e. The molecule has 0 unspecified atom stereocenters. The Morgan fingerprint density at radius 1 is 1.56 bits per heavy atom. The molecule has 0 aromatic carbocycles. The zero-order valence-corrected chi connectivity index (χ0v) is 9.38. The molecule has 0 radical (unpaired) electrons. The fourth-order valence-corrected chi connectivity index (χ4v) is 1.44. The van der Waals surface area contributed by atoms with E-state index in [1.165, 1.54) is 6.92 Å². The molecule has 0 spiro atoms. The Balaban J connectivity index is 2.64. The molecule has 16 heavy (non-hydrogen) atoms. The molecule has 1 heterocycles. The zero-order valence-electron chi connectivity index (χ0n) is 9.38. The summed E-state index contributed by atoms with van der Waals surface area (Å²) in [5.41, 5.74) is 0. The monoisotopic (exact) mass is 225 g/mol. The maximum atomic E-state index is 10.8. The molecule has 5 nitrogen and oxygen atoms in total. The Hall–Kier alpha value is -1.38. The number of esters is 1. The second-order valence-corrected chi connectivity index (χ2v) is 3.32. The first kappa shape index (κ1) is 12.7. The van der Waals surface area contributed by atoms with Crippen LogP contribution in [-0.2, 0) is 19.0 Å². The third-order valence-electron chi connectivity index (χ3n) is 2.06. The number of hydrogen-bond acceptors (Lipinski definition) is 5. The Bertz CT molecular complexity index is 308. The highest BCUT2D eigenvalue weighted by Gasteiger charge is 2.29. The van der Waals surface area contributed by atoms with Gasteiger partial charge in [0.25, 0.3) is 0 Å². The average Bonchev–Trinajstić information content (AvgIpc) is 2.22. The molecule has 0 aliphatic carbocycles. The maximum Gasteiger partial charge on any atom is 0.303 e. The fourth-order valence-electron chi connectivity index (χ4n) is 1.44. The predicted molar refractivity (Wildman–Crippen MR) is 55.2 cm³/mol. The molecule has 0 aromatic heterocycles. The van der Waals surface area contributed by atoms with Crippen molar-refractivity contribution in [3.05, 3.63) is 12.2 Å². The summed E-state index contributed by atoms with van der Waals surface area (Å²) < 4.78 is 15.8. The van der Waals surface area contributed by atoms with Gasteiger partial charge in [-0.3, -0.25) is 4.79 Å². The van der Waals surface area contributed by atoms with Gasteiger partial charge in [-0.25, -0.2) is 0 Å². The van der Waals surface area contributed by atoms with Crippen LogP contribution in [0, 0.1) is 11.3 Å². The first-order valence-corrected chi connectivity index (χ1v) is 5.17. The molecule has 1 aliphatic rings. The van der Waals surface area contributed by atoms with Crippen LogP contribution in [0.5, 0.6) is 0 Å². The van der Waals surface area contributed by atoms with Crippen molar-refractivity contribution in [1.82, 2.24) is 0 Å². The number of hydrogen-bond donors (Lipinski definition) is 0. The highest BCUT2D eigenvalue weighted by Crippen LogP contribution is 2.19. The average molecular weight is 225 g/mol. The van der Waals surface area contributed by atoms with E-state index in [4.69, 9.17) is 19.5 Å². The van der Waals surface area contributed by atoms with Crippen molar-refractivity contribution in [2.45, 2.75) is 38.8 Å². The van der Waals surface area contributed by atoms with Crippen molar-refractivity contribution in [3.63, 3.8) is 0 Å². The summed E-state index contributed by atoms with van der Waals surface area (Å²) in [6, 6.07) is 2.00. The van der Waals surface area contributed by atoms with E-state index >= 15 is 0 Å². The van der Waals surface area contributed by atoms with Crippen LogP contribution in [0.4, 0.5) is 0 Å². The highest BCUT2D eigenvalue weighted by molar-refractivity contribution is 5.66. The van der Waals surface area contributed by atoms with E-state index in [0.717, 1.165) is 0 Å². The molecule has 1 aliphatic heterocycles. The molecule has 0 bridgehead atoms. The van der Waals surface area contributed by atoms with Gasteiger partial charge in [0.15, 0.2) is 6.29 Å². The van der Waals surface area contributed by atoms with Crippen molar-refractivity contribution < 1.29 is 19.0 Å². The van der Waals surface area contributed by atoms with Gasteiger partial charge >= 0.3 is 5.97 Å². The lowest BCUT2D eigenvalue weighted by Crippen LogP contribution is -2.38. The Morgan fingerprint density at radius 3 is 2.88 bits per heavy atom. The number of nitriles is 1. The molecule has 0 saturated heterocycles. The quantitative estimate of drug-likeness (QED) is 0.530. The summed E-state index contributed by atoms with van der Waals surface area (Å²) in [5, 5.41) is 8.65. The highest BCUT2D eigenvalue weighted by atomic mass is 16.7. The lowest BCUT2D eigenvalue weighted by atomic mass is 10.1. The lowest BCUT2D eigenvalue weighted by molar-refractivity contribution is -0.182. The van der Waals surface area contributed by atoms with E-state index in [9.17, 15) is 4.79 Å². The molecule has 3 atom stereocenters. The normalized spacial score (nSPS) is 28.4. The topological polar surface area (TPSA) is 68.5 Å². The Labute approximate surface area is 94.6 Å². The van der Waals surface area contributed by atoms with E-state index in [1.54, 1.807) is 12.2 Å². The van der Waals surface area contributed by atoms with Gasteiger partial charge in [0.2, 0.25) is 0 Å². The second kappa shape index (κ2) is 6.26. The van der Waals surface area contributed by atoms with E-state index < -0.39 is 24.5 Å². The number of carbonyl (C=O) groups is 1. The molecule has 5 heteroatoms. The third kappa shape index (κ3) is 3.65. The van der Waals surface area contributed by atoms with Gasteiger partial charge < -0.3 is 14.2 Å². The number of nitrogens with zero attached hydrogens (tertiary/aromatic N) is 1. The molecule has 0 N–H and O–H groups in total. The summed E-state index contributed by atoms with van der Waals surface area (Å²) in [4.78, 5) is 10.8. The van der Waals surface area contributed by atoms with Gasteiger partial charge in [0, 0.05) is 13.5 Å². The van der Waals surface area contributed by atoms with Crippen LogP contribution in [0.25, 0.3) is 0 Å². The van der Waals surface area contributed by atoms with Gasteiger partial charge in [-0.05, 0) is 19.1 Å². The molecular weight excluding hydrogens is 210 g/mol. The lowest BCUT2D eigenvalue weighted by Gasteiger charge is -2.30. The van der Waals surface area contributed by atoms with Crippen molar-refractivity contribution in [2.24, 2.45) is 0 Å². The van der Waals surface area contributed by atoms with Gasteiger partial charge in [-0.2, -0.15) is 5.26 Å². The van der Waals surface area contributed by atoms with Gasteiger partial charge in [-0.1, -0.05) is 0 Å². The summed E-state index contributed by atoms with van der Waals surface area (Å²) in [6.45, 7) is 3.70. The van der Waals surface area contributed by atoms with Crippen LogP contribution in [0.2, 0.25) is 0 Å². The first-order valence-electron chi connectivity index (χ1n) is 5.17. The maximum absolute atomic E-state index is 10.8. The minimum atomic E-state index is -0.506. The molecule has 88 valence electrons. The molecular formula is C11H15NO4. The van der Waals surface area contributed by atoms with Crippen molar-refractivity contribution >= 4 is 5.97 Å². The van der Waals surface area contributed by atoms with E-state index in [1.807, 2.05) is 13.0 Å². The fraction of sp³-hybridized carbons (Fsp3) is 0.636. The van der Waals surface area contributed by atoms with Crippen molar-refractivity contribution in [3.8, 4) is 6.07 Å². The second-order valence-electron chi connectivity index (χ2n) is 3.32. The van der Waals surface area contributed by atoms with Gasteiger partial charge in [-0.15, -0.1) is 0 Å². The Morgan fingerprint density at radius 2 is 2.31 bits per heavy atom. The van der Waals surface area contributed by atoms with Gasteiger partial charge in [0.1, 0.15) is 12.2 Å². The molecule has 0 saturated carbocycles. The number of carbonyl (C=O) groups excluding carboxylic acids is 1. The standard InChI is InChI=1S/C11H15NO4/c1-3-14-11-5-4-9(15-8(2)13)10(16-11)6-7-12/h4-5,9-11H,3,6H2,1-2H3/t9-,10+,11-/m0/s1. The van der Waals surface area contributed by atoms with Crippen LogP contribution in [0.1, 0.15) is 20.3 Å². The third-order valence-corrected chi connectivity index (χ3v) is 2.06. The minimum absolute atomic E-state index is 0.159. The van der Waals surface area contributed by atoms with Crippen LogP contribution in [0.3, 0.4) is 0 Å². The van der Waals surface area contributed by atoms with Crippen LogP contribution in [-0.4, -0.2) is 31.1 Å². The predicted octanol–water partition coefficient (Wildman–Crippen LogP) is 1.15. The summed E-state index contributed by atoms with van der Waals surface area (Å²) in [5.74, 6) is -0.393. The number of ether oxygens (including phenoxy) is 3. The smallest absolute Gasteiger partial charge is 0.303 e. The van der Waals surface area contributed by atoms with Crippen LogP contribution >= 0.6 is 0 Å². The summed E-state index contributed by atoms with van der Waals surface area (Å²) >= 11 is 0. The van der Waals surface area contributed by atoms with Crippen molar-refractivity contribution in [2.75, 3.05) is 6.61 Å². The van der Waals surface area contributed by atoms with Crippen LogP contribution < -0.4 is 0 Å². The van der Waals surface area contributed by atoms with Crippen molar-refractivity contribution in [1.29, 1.82) is 5.26 Å². The molecule has 0 aromatic rings. The van der Waals surface area contributed by atoms with E-state index in [2.05, 4.69) is 0 Å².